The maximum absolute atomic E-state index is 11.9. The maximum atomic E-state index is 11.9. The van der Waals surface area contributed by atoms with Gasteiger partial charge in [0.25, 0.3) is 0 Å². The third-order valence-electron chi connectivity index (χ3n) is 5.89. The Morgan fingerprint density at radius 1 is 1.24 bits per heavy atom. The number of amides is 1. The molecular weight excluding hydrogens is 430 g/mol. The van der Waals surface area contributed by atoms with Crippen molar-refractivity contribution in [2.45, 2.75) is 45.9 Å². The molecule has 176 valence electrons. The van der Waals surface area contributed by atoms with E-state index in [1.807, 2.05) is 50.2 Å². The van der Waals surface area contributed by atoms with Gasteiger partial charge in [-0.15, -0.1) is 0 Å². The van der Waals surface area contributed by atoms with Crippen LogP contribution in [0.15, 0.2) is 54.9 Å². The lowest BCUT2D eigenvalue weighted by molar-refractivity contribution is 0.130. The molecule has 0 bridgehead atoms. The van der Waals surface area contributed by atoms with E-state index < -0.39 is 6.09 Å². The first-order valence-corrected chi connectivity index (χ1v) is 11.6. The number of fused-ring (bicyclic) bond motifs is 1. The van der Waals surface area contributed by atoms with Crippen molar-refractivity contribution in [2.24, 2.45) is 5.92 Å². The third kappa shape index (κ3) is 4.71. The Labute approximate surface area is 198 Å². The second-order valence-corrected chi connectivity index (χ2v) is 8.98. The van der Waals surface area contributed by atoms with Crippen LogP contribution < -0.4 is 15.8 Å². The summed E-state index contributed by atoms with van der Waals surface area (Å²) in [4.78, 5) is 19.2. The molecular formula is C26H29N5O3. The van der Waals surface area contributed by atoms with Gasteiger partial charge < -0.3 is 24.8 Å². The number of ether oxygens (including phenoxy) is 2. The fourth-order valence-corrected chi connectivity index (χ4v) is 4.11. The monoisotopic (exact) mass is 459 g/mol. The fourth-order valence-electron chi connectivity index (χ4n) is 4.11. The zero-order valence-electron chi connectivity index (χ0n) is 19.4. The highest BCUT2D eigenvalue weighted by Crippen LogP contribution is 2.41. The Morgan fingerprint density at radius 2 is 2.03 bits per heavy atom. The van der Waals surface area contributed by atoms with Crippen molar-refractivity contribution in [1.82, 2.24) is 14.5 Å². The molecule has 0 aliphatic heterocycles. The standard InChI is InChI=1S/C26H29N5O3/c1-16(2)34-26(32)30-19-7-5-18(6-8-19)25-24(27)21-10-9-20(33-15-23-28-11-12-29-23)13-22(21)31(25)14-17-3-4-17/h5-13,16-17H,3-4,14-15,27H2,1-2H3,(H,28,29)(H,30,32). The smallest absolute Gasteiger partial charge is 0.411 e. The Bertz CT molecular complexity index is 1290. The summed E-state index contributed by atoms with van der Waals surface area (Å²) in [5.74, 6) is 2.21. The Morgan fingerprint density at radius 3 is 2.71 bits per heavy atom. The quantitative estimate of drug-likeness (QED) is 0.320. The molecule has 0 spiro atoms. The minimum Gasteiger partial charge on any atom is -0.486 e. The van der Waals surface area contributed by atoms with Gasteiger partial charge in [0.1, 0.15) is 18.2 Å². The lowest BCUT2D eigenvalue weighted by Gasteiger charge is -2.13. The molecule has 2 heterocycles. The first kappa shape index (κ1) is 21.9. The number of hydrogen-bond acceptors (Lipinski definition) is 5. The lowest BCUT2D eigenvalue weighted by atomic mass is 10.1. The predicted molar refractivity (Wildman–Crippen MR) is 133 cm³/mol. The van der Waals surface area contributed by atoms with Gasteiger partial charge in [-0.1, -0.05) is 12.1 Å². The molecule has 1 aliphatic carbocycles. The normalized spacial score (nSPS) is 13.4. The lowest BCUT2D eigenvalue weighted by Crippen LogP contribution is -2.17. The predicted octanol–water partition coefficient (Wildman–Crippen LogP) is 5.56. The molecule has 5 rings (SSSR count). The molecule has 2 aromatic heterocycles. The van der Waals surface area contributed by atoms with Crippen LogP contribution in [0, 0.1) is 5.92 Å². The van der Waals surface area contributed by atoms with E-state index in [1.165, 1.54) is 12.8 Å². The molecule has 8 nitrogen and oxygen atoms in total. The van der Waals surface area contributed by atoms with E-state index in [-0.39, 0.29) is 6.10 Å². The van der Waals surface area contributed by atoms with Crippen LogP contribution in [0.2, 0.25) is 0 Å². The second-order valence-electron chi connectivity index (χ2n) is 8.98. The molecule has 34 heavy (non-hydrogen) atoms. The van der Waals surface area contributed by atoms with Gasteiger partial charge >= 0.3 is 6.09 Å². The largest absolute Gasteiger partial charge is 0.486 e. The first-order valence-electron chi connectivity index (χ1n) is 11.6. The van der Waals surface area contributed by atoms with Gasteiger partial charge in [-0.3, -0.25) is 5.32 Å². The van der Waals surface area contributed by atoms with E-state index in [9.17, 15) is 4.79 Å². The zero-order valence-corrected chi connectivity index (χ0v) is 19.4. The van der Waals surface area contributed by atoms with Crippen LogP contribution in [-0.2, 0) is 17.9 Å². The zero-order chi connectivity index (χ0) is 23.7. The number of anilines is 2. The summed E-state index contributed by atoms with van der Waals surface area (Å²) >= 11 is 0. The Hall–Kier alpha value is -3.94. The van der Waals surface area contributed by atoms with Crippen molar-refractivity contribution >= 4 is 28.4 Å². The van der Waals surface area contributed by atoms with Crippen molar-refractivity contribution in [2.75, 3.05) is 11.1 Å². The summed E-state index contributed by atoms with van der Waals surface area (Å²) in [6.45, 7) is 4.92. The summed E-state index contributed by atoms with van der Waals surface area (Å²) in [5.41, 5.74) is 11.1. The van der Waals surface area contributed by atoms with Gasteiger partial charge in [0, 0.05) is 41.6 Å². The van der Waals surface area contributed by atoms with Gasteiger partial charge in [-0.25, -0.2) is 9.78 Å². The van der Waals surface area contributed by atoms with Crippen LogP contribution in [0.4, 0.5) is 16.2 Å². The number of benzene rings is 2. The van der Waals surface area contributed by atoms with Crippen LogP contribution in [0.5, 0.6) is 5.75 Å². The van der Waals surface area contributed by atoms with E-state index in [0.29, 0.717) is 18.2 Å². The highest BCUT2D eigenvalue weighted by molar-refractivity contribution is 6.01. The summed E-state index contributed by atoms with van der Waals surface area (Å²) in [5, 5.41) is 3.76. The molecule has 2 aromatic carbocycles. The number of aromatic amines is 1. The molecule has 1 fully saturated rings. The van der Waals surface area contributed by atoms with Crippen molar-refractivity contribution in [1.29, 1.82) is 0 Å². The molecule has 0 unspecified atom stereocenters. The van der Waals surface area contributed by atoms with Gasteiger partial charge in [-0.2, -0.15) is 0 Å². The topological polar surface area (TPSA) is 107 Å². The molecule has 0 atom stereocenters. The van der Waals surface area contributed by atoms with E-state index in [1.54, 1.807) is 12.4 Å². The maximum Gasteiger partial charge on any atom is 0.411 e. The number of carbonyl (C=O) groups excluding carboxylic acids is 1. The highest BCUT2D eigenvalue weighted by atomic mass is 16.6. The van der Waals surface area contributed by atoms with Crippen molar-refractivity contribution in [3.05, 3.63) is 60.7 Å². The number of nitrogen functional groups attached to an aromatic ring is 1. The van der Waals surface area contributed by atoms with Gasteiger partial charge in [0.2, 0.25) is 0 Å². The molecule has 8 heteroatoms. The van der Waals surface area contributed by atoms with Crippen molar-refractivity contribution in [3.63, 3.8) is 0 Å². The number of rotatable bonds is 8. The number of H-pyrrole nitrogens is 1. The minimum absolute atomic E-state index is 0.176. The summed E-state index contributed by atoms with van der Waals surface area (Å²) in [7, 11) is 0. The third-order valence-corrected chi connectivity index (χ3v) is 5.89. The van der Waals surface area contributed by atoms with Crippen LogP contribution in [-0.4, -0.2) is 26.7 Å². The van der Waals surface area contributed by atoms with E-state index in [4.69, 9.17) is 15.2 Å². The number of aromatic nitrogens is 3. The first-order chi connectivity index (χ1) is 16.5. The minimum atomic E-state index is -0.466. The van der Waals surface area contributed by atoms with Gasteiger partial charge in [-0.05, 0) is 56.9 Å². The molecule has 1 aliphatic rings. The van der Waals surface area contributed by atoms with Gasteiger partial charge in [0.15, 0.2) is 0 Å². The van der Waals surface area contributed by atoms with E-state index >= 15 is 0 Å². The SMILES string of the molecule is CC(C)OC(=O)Nc1ccc(-c2c(N)c3ccc(OCc4ncc[nH]4)cc3n2CC2CC2)cc1. The molecule has 0 saturated heterocycles. The summed E-state index contributed by atoms with van der Waals surface area (Å²) < 4.78 is 13.4. The fraction of sp³-hybridized carbons (Fsp3) is 0.308. The Balaban J connectivity index is 1.46. The number of hydrogen-bond donors (Lipinski definition) is 3. The molecule has 4 aromatic rings. The van der Waals surface area contributed by atoms with Crippen LogP contribution in [0.25, 0.3) is 22.2 Å². The Kier molecular flexibility index (Phi) is 5.88. The molecule has 1 saturated carbocycles. The molecule has 0 radical (unpaired) electrons. The second kappa shape index (κ2) is 9.13. The number of nitrogens with two attached hydrogens (primary N) is 1. The molecule has 1 amide bonds. The van der Waals surface area contributed by atoms with Crippen LogP contribution in [0.1, 0.15) is 32.5 Å². The van der Waals surface area contributed by atoms with E-state index in [0.717, 1.165) is 46.0 Å². The summed E-state index contributed by atoms with van der Waals surface area (Å²) in [6, 6.07) is 13.7. The van der Waals surface area contributed by atoms with Crippen LogP contribution >= 0.6 is 0 Å². The van der Waals surface area contributed by atoms with E-state index in [2.05, 4.69) is 25.9 Å². The number of nitrogens with one attached hydrogen (secondary N) is 2. The average Bonchev–Trinajstić information content (AvgIpc) is 3.39. The average molecular weight is 460 g/mol. The summed E-state index contributed by atoms with van der Waals surface area (Å²) in [6.07, 6.45) is 5.31. The van der Waals surface area contributed by atoms with Crippen molar-refractivity contribution < 1.29 is 14.3 Å². The number of nitrogens with zero attached hydrogens (tertiary/aromatic N) is 2. The van der Waals surface area contributed by atoms with Crippen LogP contribution in [0.3, 0.4) is 0 Å². The number of imidazole rings is 1. The van der Waals surface area contributed by atoms with Gasteiger partial charge in [0.05, 0.1) is 23.0 Å². The highest BCUT2D eigenvalue weighted by Gasteiger charge is 2.26. The number of carbonyl (C=O) groups is 1. The molecule has 4 N–H and O–H groups in total. The van der Waals surface area contributed by atoms with Crippen molar-refractivity contribution in [3.8, 4) is 17.0 Å².